The molecule has 1 aliphatic rings. The molecule has 0 bridgehead atoms. The number of methoxy groups -OCH3 is 2. The van der Waals surface area contributed by atoms with E-state index in [1.165, 1.54) is 55.5 Å². The summed E-state index contributed by atoms with van der Waals surface area (Å²) in [5, 5.41) is 2.68. The zero-order valence-corrected chi connectivity index (χ0v) is 20.1. The Kier molecular flexibility index (Phi) is 7.47. The minimum atomic E-state index is -1.10. The van der Waals surface area contributed by atoms with Crippen LogP contribution in [0, 0.1) is 5.82 Å². The maximum absolute atomic E-state index is 13.5. The molecule has 4 rings (SSSR count). The summed E-state index contributed by atoms with van der Waals surface area (Å²) in [5.74, 6) is -1.55. The Morgan fingerprint density at radius 1 is 0.973 bits per heavy atom. The van der Waals surface area contributed by atoms with Crippen LogP contribution in [0.5, 0.6) is 5.75 Å². The van der Waals surface area contributed by atoms with E-state index < -0.39 is 35.7 Å². The van der Waals surface area contributed by atoms with Crippen molar-refractivity contribution in [3.05, 3.63) is 89.7 Å². The average molecular weight is 506 g/mol. The van der Waals surface area contributed by atoms with Crippen LogP contribution in [0.4, 0.5) is 20.6 Å². The van der Waals surface area contributed by atoms with Crippen molar-refractivity contribution in [3.63, 3.8) is 0 Å². The number of imide groups is 1. The molecular weight excluding hydrogens is 481 g/mol. The Balaban J connectivity index is 1.57. The average Bonchev–Trinajstić information content (AvgIpc) is 3.13. The molecule has 0 saturated carbocycles. The van der Waals surface area contributed by atoms with E-state index in [1.54, 1.807) is 24.3 Å². The number of amides is 4. The van der Waals surface area contributed by atoms with Gasteiger partial charge in [0.1, 0.15) is 17.6 Å². The van der Waals surface area contributed by atoms with Gasteiger partial charge in [-0.05, 0) is 66.2 Å². The van der Waals surface area contributed by atoms with Crippen molar-refractivity contribution >= 4 is 35.2 Å². The van der Waals surface area contributed by atoms with Gasteiger partial charge in [0.2, 0.25) is 5.91 Å². The van der Waals surface area contributed by atoms with Crippen LogP contribution in [-0.2, 0) is 20.9 Å². The van der Waals surface area contributed by atoms with Crippen molar-refractivity contribution in [2.45, 2.75) is 19.0 Å². The van der Waals surface area contributed by atoms with Crippen LogP contribution < -0.4 is 15.0 Å². The van der Waals surface area contributed by atoms with Crippen molar-refractivity contribution in [3.8, 4) is 5.75 Å². The first-order chi connectivity index (χ1) is 17.8. The predicted octanol–water partition coefficient (Wildman–Crippen LogP) is 3.99. The Morgan fingerprint density at radius 3 is 2.32 bits per heavy atom. The molecule has 0 radical (unpaired) electrons. The minimum absolute atomic E-state index is 0.0469. The third kappa shape index (κ3) is 5.58. The first kappa shape index (κ1) is 25.4. The van der Waals surface area contributed by atoms with Gasteiger partial charge in [0, 0.05) is 12.2 Å². The largest absolute Gasteiger partial charge is 0.497 e. The van der Waals surface area contributed by atoms with Gasteiger partial charge >= 0.3 is 12.0 Å². The summed E-state index contributed by atoms with van der Waals surface area (Å²) >= 11 is 0. The summed E-state index contributed by atoms with van der Waals surface area (Å²) in [7, 11) is 2.79. The van der Waals surface area contributed by atoms with Gasteiger partial charge in [-0.2, -0.15) is 0 Å². The van der Waals surface area contributed by atoms with E-state index in [2.05, 4.69) is 10.1 Å². The highest BCUT2D eigenvalue weighted by Gasteiger charge is 2.46. The van der Waals surface area contributed by atoms with Gasteiger partial charge in [-0.1, -0.05) is 12.1 Å². The molecule has 0 unspecified atom stereocenters. The van der Waals surface area contributed by atoms with E-state index in [9.17, 15) is 23.6 Å². The lowest BCUT2D eigenvalue weighted by molar-refractivity contribution is -0.124. The lowest BCUT2D eigenvalue weighted by Crippen LogP contribution is -2.37. The lowest BCUT2D eigenvalue weighted by atomic mass is 10.1. The monoisotopic (exact) mass is 505 g/mol. The van der Waals surface area contributed by atoms with Gasteiger partial charge < -0.3 is 19.7 Å². The number of hydrogen-bond donors (Lipinski definition) is 1. The van der Waals surface area contributed by atoms with Crippen LogP contribution in [0.15, 0.2) is 72.8 Å². The second-order valence-electron chi connectivity index (χ2n) is 8.25. The predicted molar refractivity (Wildman–Crippen MR) is 133 cm³/mol. The summed E-state index contributed by atoms with van der Waals surface area (Å²) in [6.07, 6.45) is -0.314. The van der Waals surface area contributed by atoms with Gasteiger partial charge in [0.05, 0.1) is 31.9 Å². The first-order valence-electron chi connectivity index (χ1n) is 11.3. The smallest absolute Gasteiger partial charge is 0.337 e. The summed E-state index contributed by atoms with van der Waals surface area (Å²) in [5.41, 5.74) is 1.62. The third-order valence-electron chi connectivity index (χ3n) is 5.86. The normalized spacial score (nSPS) is 15.1. The van der Waals surface area contributed by atoms with Crippen LogP contribution in [-0.4, -0.2) is 49.0 Å². The van der Waals surface area contributed by atoms with Crippen LogP contribution in [0.1, 0.15) is 22.3 Å². The number of nitrogens with one attached hydrogen (secondary N) is 1. The molecule has 0 aliphatic carbocycles. The van der Waals surface area contributed by atoms with E-state index in [-0.39, 0.29) is 18.7 Å². The minimum Gasteiger partial charge on any atom is -0.497 e. The molecule has 3 aromatic carbocycles. The number of hydrogen-bond acceptors (Lipinski definition) is 6. The Labute approximate surface area is 212 Å². The Bertz CT molecular complexity index is 1330. The molecule has 1 N–H and O–H groups in total. The molecule has 190 valence electrons. The van der Waals surface area contributed by atoms with Crippen molar-refractivity contribution in [1.82, 2.24) is 4.90 Å². The van der Waals surface area contributed by atoms with Crippen molar-refractivity contribution in [2.24, 2.45) is 0 Å². The summed E-state index contributed by atoms with van der Waals surface area (Å²) in [6, 6.07) is 16.3. The topological polar surface area (TPSA) is 105 Å². The van der Waals surface area contributed by atoms with Gasteiger partial charge in [-0.25, -0.2) is 18.9 Å². The van der Waals surface area contributed by atoms with Gasteiger partial charge in [-0.3, -0.25) is 9.59 Å². The molecular formula is C27H24FN3O6. The molecule has 1 fully saturated rings. The van der Waals surface area contributed by atoms with Crippen molar-refractivity contribution in [1.29, 1.82) is 0 Å². The molecule has 0 aromatic heterocycles. The maximum Gasteiger partial charge on any atom is 0.337 e. The zero-order chi connectivity index (χ0) is 26.5. The molecule has 3 aromatic rings. The van der Waals surface area contributed by atoms with Crippen molar-refractivity contribution in [2.75, 3.05) is 24.4 Å². The number of esters is 1. The second kappa shape index (κ2) is 10.9. The van der Waals surface area contributed by atoms with Gasteiger partial charge in [0.25, 0.3) is 5.91 Å². The maximum atomic E-state index is 13.5. The number of rotatable bonds is 8. The molecule has 9 nitrogen and oxygen atoms in total. The molecule has 1 saturated heterocycles. The summed E-state index contributed by atoms with van der Waals surface area (Å²) in [4.78, 5) is 53.5. The standard InChI is InChI=1S/C27H24FN3O6/c1-36-22-5-3-4-17(14-22)16-30-23(25(33)31(27(30)35)21-12-8-19(28)9-13-21)15-24(32)29-20-10-6-18(7-11-20)26(34)37-2/h3-14,23H,15-16H2,1-2H3,(H,29,32)/t23-/m1/s1. The van der Waals surface area contributed by atoms with Crippen LogP contribution in [0.25, 0.3) is 0 Å². The fourth-order valence-corrected chi connectivity index (χ4v) is 4.00. The third-order valence-corrected chi connectivity index (χ3v) is 5.86. The molecule has 1 heterocycles. The van der Waals surface area contributed by atoms with E-state index in [4.69, 9.17) is 4.74 Å². The van der Waals surface area contributed by atoms with Crippen molar-refractivity contribution < 1.29 is 33.0 Å². The van der Waals surface area contributed by atoms with Crippen LogP contribution in [0.2, 0.25) is 0 Å². The number of carbonyl (C=O) groups is 4. The fraction of sp³-hybridized carbons (Fsp3) is 0.185. The number of nitrogens with zero attached hydrogens (tertiary/aromatic N) is 2. The number of urea groups is 1. The second-order valence-corrected chi connectivity index (χ2v) is 8.25. The van der Waals surface area contributed by atoms with E-state index in [1.807, 2.05) is 0 Å². The van der Waals surface area contributed by atoms with Gasteiger partial charge in [0.15, 0.2) is 0 Å². The quantitative estimate of drug-likeness (QED) is 0.367. The number of halogens is 1. The van der Waals surface area contributed by atoms with Crippen LogP contribution >= 0.6 is 0 Å². The van der Waals surface area contributed by atoms with E-state index in [0.717, 1.165) is 17.0 Å². The first-order valence-corrected chi connectivity index (χ1v) is 11.3. The molecule has 4 amide bonds. The highest BCUT2D eigenvalue weighted by Crippen LogP contribution is 2.29. The zero-order valence-electron chi connectivity index (χ0n) is 20.1. The van der Waals surface area contributed by atoms with Crippen LogP contribution in [0.3, 0.4) is 0 Å². The highest BCUT2D eigenvalue weighted by atomic mass is 19.1. The molecule has 10 heteroatoms. The molecule has 1 aliphatic heterocycles. The lowest BCUT2D eigenvalue weighted by Gasteiger charge is -2.22. The Hall–Kier alpha value is -4.73. The fourth-order valence-electron chi connectivity index (χ4n) is 4.00. The molecule has 0 spiro atoms. The summed E-state index contributed by atoms with van der Waals surface area (Å²) in [6.45, 7) is 0.0469. The SMILES string of the molecule is COC(=O)c1ccc(NC(=O)C[C@@H]2C(=O)N(c3ccc(F)cc3)C(=O)N2Cc2cccc(OC)c2)cc1. The van der Waals surface area contributed by atoms with E-state index in [0.29, 0.717) is 22.6 Å². The van der Waals surface area contributed by atoms with E-state index >= 15 is 0 Å². The molecule has 1 atom stereocenters. The number of carbonyl (C=O) groups excluding carboxylic acids is 4. The van der Waals surface area contributed by atoms with Gasteiger partial charge in [-0.15, -0.1) is 0 Å². The number of benzene rings is 3. The summed E-state index contributed by atoms with van der Waals surface area (Å²) < 4.78 is 23.4. The molecule has 37 heavy (non-hydrogen) atoms. The Morgan fingerprint density at radius 2 is 1.68 bits per heavy atom. The number of ether oxygens (including phenoxy) is 2. The highest BCUT2D eigenvalue weighted by molar-refractivity contribution is 6.22. The number of anilines is 2.